The van der Waals surface area contributed by atoms with E-state index in [0.29, 0.717) is 34.0 Å². The van der Waals surface area contributed by atoms with Gasteiger partial charge in [0.2, 0.25) is 5.91 Å². The predicted octanol–water partition coefficient (Wildman–Crippen LogP) is 3.07. The van der Waals surface area contributed by atoms with Crippen LogP contribution in [-0.4, -0.2) is 19.0 Å². The minimum absolute atomic E-state index is 0.0647. The molecular formula is C11H11BrCl2N2O. The topological polar surface area (TPSA) is 46.3 Å². The summed E-state index contributed by atoms with van der Waals surface area (Å²) in [5.74, 6) is 0.276. The second-order valence-electron chi connectivity index (χ2n) is 4.03. The van der Waals surface area contributed by atoms with Gasteiger partial charge >= 0.3 is 0 Å². The molecule has 1 heterocycles. The maximum atomic E-state index is 11.8. The van der Waals surface area contributed by atoms with Gasteiger partial charge in [0, 0.05) is 18.7 Å². The van der Waals surface area contributed by atoms with Crippen molar-refractivity contribution in [3.8, 4) is 0 Å². The van der Waals surface area contributed by atoms with Crippen LogP contribution in [0.2, 0.25) is 10.0 Å². The Kier molecular flexibility index (Phi) is 3.98. The van der Waals surface area contributed by atoms with Crippen LogP contribution in [0.4, 0.5) is 5.69 Å². The first-order chi connectivity index (χ1) is 8.02. The van der Waals surface area contributed by atoms with Crippen LogP contribution in [0.15, 0.2) is 16.6 Å². The monoisotopic (exact) mass is 336 g/mol. The number of amides is 1. The Morgan fingerprint density at radius 3 is 2.47 bits per heavy atom. The van der Waals surface area contributed by atoms with Gasteiger partial charge in [-0.05, 0) is 40.5 Å². The highest BCUT2D eigenvalue weighted by molar-refractivity contribution is 9.10. The highest BCUT2D eigenvalue weighted by Crippen LogP contribution is 2.36. The molecule has 0 aromatic heterocycles. The van der Waals surface area contributed by atoms with Crippen LogP contribution < -0.4 is 10.6 Å². The zero-order valence-corrected chi connectivity index (χ0v) is 12.0. The quantitative estimate of drug-likeness (QED) is 0.843. The first-order valence-electron chi connectivity index (χ1n) is 5.18. The molecule has 1 unspecified atom stereocenters. The summed E-state index contributed by atoms with van der Waals surface area (Å²) in [7, 11) is 0. The Balaban J connectivity index is 2.32. The Morgan fingerprint density at radius 2 is 2.00 bits per heavy atom. The summed E-state index contributed by atoms with van der Waals surface area (Å²) >= 11 is 15.3. The van der Waals surface area contributed by atoms with E-state index in [1.54, 1.807) is 17.0 Å². The van der Waals surface area contributed by atoms with E-state index in [9.17, 15) is 4.79 Å². The molecule has 0 saturated carbocycles. The molecule has 1 aliphatic rings. The number of rotatable bonds is 2. The van der Waals surface area contributed by atoms with Crippen LogP contribution in [0.25, 0.3) is 0 Å². The van der Waals surface area contributed by atoms with E-state index >= 15 is 0 Å². The first kappa shape index (κ1) is 13.1. The smallest absolute Gasteiger partial charge is 0.227 e. The summed E-state index contributed by atoms with van der Waals surface area (Å²) in [5.41, 5.74) is 6.31. The number of halogens is 3. The van der Waals surface area contributed by atoms with Gasteiger partial charge in [0.1, 0.15) is 0 Å². The Labute approximate surface area is 118 Å². The lowest BCUT2D eigenvalue weighted by Gasteiger charge is -2.17. The van der Waals surface area contributed by atoms with Crippen LogP contribution in [0.3, 0.4) is 0 Å². The molecular weight excluding hydrogens is 327 g/mol. The normalized spacial score (nSPS) is 20.1. The van der Waals surface area contributed by atoms with Crippen molar-refractivity contribution in [3.63, 3.8) is 0 Å². The molecule has 2 rings (SSSR count). The van der Waals surface area contributed by atoms with E-state index < -0.39 is 0 Å². The molecule has 92 valence electrons. The van der Waals surface area contributed by atoms with E-state index in [1.165, 1.54) is 0 Å². The lowest BCUT2D eigenvalue weighted by Crippen LogP contribution is -2.25. The lowest BCUT2D eigenvalue weighted by atomic mass is 10.1. The molecule has 1 atom stereocenters. The van der Waals surface area contributed by atoms with Crippen LogP contribution in [0.5, 0.6) is 0 Å². The molecule has 1 fully saturated rings. The average molecular weight is 338 g/mol. The van der Waals surface area contributed by atoms with Crippen molar-refractivity contribution < 1.29 is 4.79 Å². The summed E-state index contributed by atoms with van der Waals surface area (Å²) < 4.78 is 0.645. The standard InChI is InChI=1S/C11H11BrCl2N2O/c12-11-8(13)2-7(3-9(11)14)16-5-6(4-15)1-10(16)17/h2-3,6H,1,4-5,15H2. The van der Waals surface area contributed by atoms with Crippen molar-refractivity contribution in [2.24, 2.45) is 11.7 Å². The van der Waals surface area contributed by atoms with Crippen molar-refractivity contribution >= 4 is 50.7 Å². The van der Waals surface area contributed by atoms with Gasteiger partial charge in [0.25, 0.3) is 0 Å². The number of hydrogen-bond donors (Lipinski definition) is 1. The zero-order valence-electron chi connectivity index (χ0n) is 8.92. The molecule has 6 heteroatoms. The average Bonchev–Trinajstić information content (AvgIpc) is 2.67. The lowest BCUT2D eigenvalue weighted by molar-refractivity contribution is -0.117. The number of hydrogen-bond acceptors (Lipinski definition) is 2. The van der Waals surface area contributed by atoms with Crippen molar-refractivity contribution in [3.05, 3.63) is 26.7 Å². The number of nitrogens with zero attached hydrogens (tertiary/aromatic N) is 1. The van der Waals surface area contributed by atoms with Gasteiger partial charge in [-0.3, -0.25) is 4.79 Å². The molecule has 3 nitrogen and oxygen atoms in total. The molecule has 1 aromatic rings. The molecule has 2 N–H and O–H groups in total. The van der Waals surface area contributed by atoms with Crippen LogP contribution in [0, 0.1) is 5.92 Å². The molecule has 1 saturated heterocycles. The summed E-state index contributed by atoms with van der Waals surface area (Å²) in [6, 6.07) is 3.46. The van der Waals surface area contributed by atoms with Crippen molar-refractivity contribution in [1.82, 2.24) is 0 Å². The number of carbonyl (C=O) groups is 1. The molecule has 0 bridgehead atoms. The van der Waals surface area contributed by atoms with Gasteiger partial charge in [-0.25, -0.2) is 0 Å². The zero-order chi connectivity index (χ0) is 12.6. The van der Waals surface area contributed by atoms with E-state index in [4.69, 9.17) is 28.9 Å². The molecule has 0 aliphatic carbocycles. The second-order valence-corrected chi connectivity index (χ2v) is 5.64. The van der Waals surface area contributed by atoms with E-state index in [1.807, 2.05) is 0 Å². The summed E-state index contributed by atoms with van der Waals surface area (Å²) in [6.45, 7) is 1.14. The fraction of sp³-hybridized carbons (Fsp3) is 0.364. The third-order valence-corrected chi connectivity index (χ3v) is 4.73. The van der Waals surface area contributed by atoms with E-state index in [-0.39, 0.29) is 11.8 Å². The Morgan fingerprint density at radius 1 is 1.41 bits per heavy atom. The maximum Gasteiger partial charge on any atom is 0.227 e. The van der Waals surface area contributed by atoms with Gasteiger partial charge in [-0.1, -0.05) is 23.2 Å². The largest absolute Gasteiger partial charge is 0.330 e. The minimum atomic E-state index is 0.0647. The number of carbonyl (C=O) groups excluding carboxylic acids is 1. The van der Waals surface area contributed by atoms with E-state index in [2.05, 4.69) is 15.9 Å². The molecule has 0 spiro atoms. The molecule has 0 radical (unpaired) electrons. The molecule has 1 aromatic carbocycles. The first-order valence-corrected chi connectivity index (χ1v) is 6.72. The second kappa shape index (κ2) is 5.14. The van der Waals surface area contributed by atoms with Crippen molar-refractivity contribution in [2.75, 3.05) is 18.0 Å². The van der Waals surface area contributed by atoms with Crippen LogP contribution >= 0.6 is 39.1 Å². The summed E-state index contributed by atoms with van der Waals surface area (Å²) in [4.78, 5) is 13.5. The van der Waals surface area contributed by atoms with Gasteiger partial charge < -0.3 is 10.6 Å². The summed E-state index contributed by atoms with van der Waals surface area (Å²) in [6.07, 6.45) is 0.488. The van der Waals surface area contributed by atoms with Crippen molar-refractivity contribution in [2.45, 2.75) is 6.42 Å². The Hall–Kier alpha value is -0.290. The number of benzene rings is 1. The highest BCUT2D eigenvalue weighted by atomic mass is 79.9. The minimum Gasteiger partial charge on any atom is -0.330 e. The predicted molar refractivity (Wildman–Crippen MR) is 73.7 cm³/mol. The SMILES string of the molecule is NCC1CC(=O)N(c2cc(Cl)c(Br)c(Cl)c2)C1. The Bertz CT molecular complexity index is 444. The van der Waals surface area contributed by atoms with Crippen LogP contribution in [0.1, 0.15) is 6.42 Å². The van der Waals surface area contributed by atoms with Gasteiger partial charge in [-0.15, -0.1) is 0 Å². The maximum absolute atomic E-state index is 11.8. The van der Waals surface area contributed by atoms with Crippen molar-refractivity contribution in [1.29, 1.82) is 0 Å². The fourth-order valence-corrected chi connectivity index (χ4v) is 2.59. The third-order valence-electron chi connectivity index (χ3n) is 2.82. The molecule has 1 amide bonds. The highest BCUT2D eigenvalue weighted by Gasteiger charge is 2.30. The number of anilines is 1. The molecule has 17 heavy (non-hydrogen) atoms. The molecule has 1 aliphatic heterocycles. The van der Waals surface area contributed by atoms with Gasteiger partial charge in [0.15, 0.2) is 0 Å². The number of nitrogens with two attached hydrogens (primary N) is 1. The fourth-order valence-electron chi connectivity index (χ4n) is 1.89. The summed E-state index contributed by atoms with van der Waals surface area (Å²) in [5, 5.41) is 0.994. The van der Waals surface area contributed by atoms with Gasteiger partial charge in [-0.2, -0.15) is 0 Å². The van der Waals surface area contributed by atoms with Gasteiger partial charge in [0.05, 0.1) is 14.5 Å². The van der Waals surface area contributed by atoms with Crippen LogP contribution in [-0.2, 0) is 4.79 Å². The third kappa shape index (κ3) is 2.60. The van der Waals surface area contributed by atoms with E-state index in [0.717, 1.165) is 5.69 Å².